The summed E-state index contributed by atoms with van der Waals surface area (Å²) < 4.78 is 1.08. The molecule has 0 spiro atoms. The van der Waals surface area contributed by atoms with Gasteiger partial charge in [0.25, 0.3) is 5.91 Å². The topological polar surface area (TPSA) is 60.5 Å². The monoisotopic (exact) mass is 409 g/mol. The van der Waals surface area contributed by atoms with Crippen LogP contribution in [0, 0.1) is 17.8 Å². The number of carbonyl (C=O) groups excluding carboxylic acids is 1. The minimum Gasteiger partial charge on any atom is -0.335 e. The maximum absolute atomic E-state index is 12.8. The van der Waals surface area contributed by atoms with Gasteiger partial charge in [-0.1, -0.05) is 11.8 Å². The van der Waals surface area contributed by atoms with E-state index in [1.54, 1.807) is 11.3 Å². The highest BCUT2D eigenvalue weighted by molar-refractivity contribution is 7.19. The molecule has 1 unspecified atom stereocenters. The van der Waals surface area contributed by atoms with Crippen LogP contribution in [0.15, 0.2) is 18.3 Å². The van der Waals surface area contributed by atoms with Crippen molar-refractivity contribution >= 4 is 27.3 Å². The van der Waals surface area contributed by atoms with Crippen LogP contribution in [0.1, 0.15) is 34.6 Å². The number of hydrogen-bond donors (Lipinski definition) is 2. The molecule has 2 bridgehead atoms. The summed E-state index contributed by atoms with van der Waals surface area (Å²) in [4.78, 5) is 23.0. The summed E-state index contributed by atoms with van der Waals surface area (Å²) in [6.07, 6.45) is 5.58. The molecular formula is C22H27N5OS. The lowest BCUT2D eigenvalue weighted by Crippen LogP contribution is -2.56. The highest BCUT2D eigenvalue weighted by atomic mass is 32.1. The molecule has 4 aliphatic heterocycles. The standard InChI is InChI=1S/C22H27N5OS/c28-22(25-21-12-16-3-8-27(21)9-4-16)19-14-17-13-18(29-20(17)15-24-19)2-1-7-26-10-5-23-6-11-26/h13-16,21,23H,3-12H2,(H,25,28). The smallest absolute Gasteiger partial charge is 0.271 e. The summed E-state index contributed by atoms with van der Waals surface area (Å²) in [6.45, 7) is 7.21. The number of thiophene rings is 1. The Hall–Kier alpha value is -1.98. The molecule has 7 heteroatoms. The highest BCUT2D eigenvalue weighted by Crippen LogP contribution is 2.31. The molecule has 2 N–H and O–H groups in total. The molecule has 0 saturated carbocycles. The molecule has 6 heterocycles. The summed E-state index contributed by atoms with van der Waals surface area (Å²) >= 11 is 1.64. The maximum atomic E-state index is 12.8. The average molecular weight is 410 g/mol. The Morgan fingerprint density at radius 3 is 2.83 bits per heavy atom. The van der Waals surface area contributed by atoms with Gasteiger partial charge in [0, 0.05) is 45.5 Å². The predicted octanol–water partition coefficient (Wildman–Crippen LogP) is 1.72. The van der Waals surface area contributed by atoms with Crippen molar-refractivity contribution in [3.8, 4) is 11.8 Å². The second-order valence-electron chi connectivity index (χ2n) is 8.25. The number of pyridine rings is 1. The van der Waals surface area contributed by atoms with Gasteiger partial charge in [-0.05, 0) is 42.7 Å². The molecule has 2 aromatic rings. The van der Waals surface area contributed by atoms with Gasteiger partial charge in [-0.25, -0.2) is 4.98 Å². The van der Waals surface area contributed by atoms with E-state index in [9.17, 15) is 4.79 Å². The first-order chi connectivity index (χ1) is 14.2. The molecule has 0 radical (unpaired) electrons. The van der Waals surface area contributed by atoms with E-state index in [4.69, 9.17) is 0 Å². The van der Waals surface area contributed by atoms with E-state index in [1.807, 2.05) is 12.3 Å². The molecule has 29 heavy (non-hydrogen) atoms. The van der Waals surface area contributed by atoms with Gasteiger partial charge in [-0.2, -0.15) is 0 Å². The van der Waals surface area contributed by atoms with Gasteiger partial charge in [-0.3, -0.25) is 14.6 Å². The zero-order valence-electron chi connectivity index (χ0n) is 16.6. The van der Waals surface area contributed by atoms with Crippen molar-refractivity contribution in [1.29, 1.82) is 0 Å². The Bertz CT molecular complexity index is 947. The van der Waals surface area contributed by atoms with Gasteiger partial charge in [-0.15, -0.1) is 11.3 Å². The second kappa shape index (κ2) is 8.41. The molecule has 4 fully saturated rings. The van der Waals surface area contributed by atoms with Gasteiger partial charge in [0.15, 0.2) is 0 Å². The third kappa shape index (κ3) is 4.31. The van der Waals surface area contributed by atoms with Crippen LogP contribution >= 0.6 is 11.3 Å². The summed E-state index contributed by atoms with van der Waals surface area (Å²) in [7, 11) is 0. The fraction of sp³-hybridized carbons (Fsp3) is 0.545. The lowest BCUT2D eigenvalue weighted by molar-refractivity contribution is 0.0293. The zero-order valence-corrected chi connectivity index (χ0v) is 17.4. The largest absolute Gasteiger partial charge is 0.335 e. The summed E-state index contributed by atoms with van der Waals surface area (Å²) in [6, 6.07) is 3.98. The lowest BCUT2D eigenvalue weighted by Gasteiger charge is -2.45. The molecule has 2 aromatic heterocycles. The van der Waals surface area contributed by atoms with Gasteiger partial charge in [0.2, 0.25) is 0 Å². The molecule has 6 nitrogen and oxygen atoms in total. The number of piperazine rings is 1. The van der Waals surface area contributed by atoms with E-state index >= 15 is 0 Å². The summed E-state index contributed by atoms with van der Waals surface area (Å²) in [5.74, 6) is 7.27. The molecule has 6 rings (SSSR count). The van der Waals surface area contributed by atoms with Crippen LogP contribution < -0.4 is 10.6 Å². The molecule has 0 aromatic carbocycles. The third-order valence-electron chi connectivity index (χ3n) is 6.30. The number of nitrogens with one attached hydrogen (secondary N) is 2. The van der Waals surface area contributed by atoms with Crippen molar-refractivity contribution in [2.24, 2.45) is 5.92 Å². The number of aromatic nitrogens is 1. The van der Waals surface area contributed by atoms with E-state index in [1.165, 1.54) is 12.8 Å². The minimum absolute atomic E-state index is 0.0676. The van der Waals surface area contributed by atoms with E-state index in [0.29, 0.717) is 5.69 Å². The molecule has 1 atom stereocenters. The first-order valence-corrected chi connectivity index (χ1v) is 11.4. The summed E-state index contributed by atoms with van der Waals surface area (Å²) in [5, 5.41) is 7.60. The number of piperidine rings is 3. The first kappa shape index (κ1) is 19.0. The van der Waals surface area contributed by atoms with Crippen LogP contribution in [0.3, 0.4) is 0 Å². The Morgan fingerprint density at radius 2 is 2.07 bits per heavy atom. The second-order valence-corrected chi connectivity index (χ2v) is 9.33. The Morgan fingerprint density at radius 1 is 1.24 bits per heavy atom. The number of amides is 1. The number of hydrogen-bond acceptors (Lipinski definition) is 6. The maximum Gasteiger partial charge on any atom is 0.271 e. The van der Waals surface area contributed by atoms with Crippen molar-refractivity contribution < 1.29 is 4.79 Å². The van der Waals surface area contributed by atoms with E-state index in [2.05, 4.69) is 43.3 Å². The van der Waals surface area contributed by atoms with Crippen LogP contribution in [0.2, 0.25) is 0 Å². The van der Waals surface area contributed by atoms with Crippen molar-refractivity contribution in [1.82, 2.24) is 25.4 Å². The molecule has 1 amide bonds. The van der Waals surface area contributed by atoms with Crippen molar-refractivity contribution in [3.05, 3.63) is 28.9 Å². The fourth-order valence-electron chi connectivity index (χ4n) is 4.58. The van der Waals surface area contributed by atoms with Crippen LogP contribution in [0.5, 0.6) is 0 Å². The highest BCUT2D eigenvalue weighted by Gasteiger charge is 2.34. The van der Waals surface area contributed by atoms with Gasteiger partial charge < -0.3 is 10.6 Å². The van der Waals surface area contributed by atoms with Crippen molar-refractivity contribution in [3.63, 3.8) is 0 Å². The number of carbonyl (C=O) groups is 1. The third-order valence-corrected chi connectivity index (χ3v) is 7.31. The predicted molar refractivity (Wildman–Crippen MR) is 116 cm³/mol. The van der Waals surface area contributed by atoms with Crippen LogP contribution in [0.25, 0.3) is 10.1 Å². The number of nitrogens with zero attached hydrogens (tertiary/aromatic N) is 3. The first-order valence-electron chi connectivity index (χ1n) is 10.6. The van der Waals surface area contributed by atoms with E-state index in [-0.39, 0.29) is 12.1 Å². The molecule has 152 valence electrons. The quantitative estimate of drug-likeness (QED) is 0.756. The van der Waals surface area contributed by atoms with Crippen LogP contribution in [0.4, 0.5) is 0 Å². The fourth-order valence-corrected chi connectivity index (χ4v) is 5.47. The zero-order chi connectivity index (χ0) is 19.6. The van der Waals surface area contributed by atoms with Crippen molar-refractivity contribution in [2.75, 3.05) is 45.8 Å². The lowest BCUT2D eigenvalue weighted by atomic mass is 9.86. The number of fused-ring (bicyclic) bond motifs is 4. The normalized spacial score (nSPS) is 26.8. The molecule has 4 saturated heterocycles. The number of rotatable bonds is 3. The van der Waals surface area contributed by atoms with Gasteiger partial charge >= 0.3 is 0 Å². The Balaban J connectivity index is 1.25. The SMILES string of the molecule is O=C(NC1CC2CCN1CC2)c1cc2cc(C#CCN3CCNCC3)sc2cn1. The molecule has 4 aliphatic rings. The summed E-state index contributed by atoms with van der Waals surface area (Å²) in [5.41, 5.74) is 0.498. The van der Waals surface area contributed by atoms with Gasteiger partial charge in [0.05, 0.1) is 22.3 Å². The average Bonchev–Trinajstić information content (AvgIpc) is 3.17. The molecule has 0 aliphatic carbocycles. The molecular weight excluding hydrogens is 382 g/mol. The van der Waals surface area contributed by atoms with E-state index < -0.39 is 0 Å². The Labute approximate surface area is 175 Å². The van der Waals surface area contributed by atoms with E-state index in [0.717, 1.165) is 73.1 Å². The van der Waals surface area contributed by atoms with Crippen LogP contribution in [-0.4, -0.2) is 72.7 Å². The van der Waals surface area contributed by atoms with Crippen LogP contribution in [-0.2, 0) is 0 Å². The van der Waals surface area contributed by atoms with Crippen molar-refractivity contribution in [2.45, 2.75) is 25.4 Å². The Kier molecular flexibility index (Phi) is 5.51. The van der Waals surface area contributed by atoms with Gasteiger partial charge in [0.1, 0.15) is 5.69 Å². The minimum atomic E-state index is -0.0676.